The number of ether oxygens (including phenoxy) is 2. The van der Waals surface area contributed by atoms with E-state index in [0.29, 0.717) is 31.8 Å². The normalized spacial score (nSPS) is 12.0. The van der Waals surface area contributed by atoms with Crippen LogP contribution in [0, 0.1) is 0 Å². The van der Waals surface area contributed by atoms with Gasteiger partial charge in [-0.05, 0) is 50.6 Å². The Morgan fingerprint density at radius 3 is 2.61 bits per heavy atom. The lowest BCUT2D eigenvalue weighted by Gasteiger charge is -2.17. The number of aromatic nitrogens is 1. The number of benzene rings is 2. The first-order chi connectivity index (χ1) is 13.6. The summed E-state index contributed by atoms with van der Waals surface area (Å²) in [6.45, 7) is 7.00. The summed E-state index contributed by atoms with van der Waals surface area (Å²) in [6.07, 6.45) is 1.06. The summed E-state index contributed by atoms with van der Waals surface area (Å²) in [7, 11) is 0. The Hall–Kier alpha value is -2.60. The number of nitrogens with one attached hydrogen (secondary N) is 1. The predicted octanol–water partition coefficient (Wildman–Crippen LogP) is 4.90. The maximum absolute atomic E-state index is 12.4. The Balaban J connectivity index is 1.59. The Kier molecular flexibility index (Phi) is 6.87. The van der Waals surface area contributed by atoms with E-state index < -0.39 is 0 Å². The molecule has 148 valence electrons. The minimum absolute atomic E-state index is 0.0126. The van der Waals surface area contributed by atoms with Crippen LogP contribution in [0.25, 0.3) is 10.2 Å². The zero-order valence-electron chi connectivity index (χ0n) is 16.5. The number of carbonyl (C=O) groups excluding carboxylic acids is 1. The Labute approximate surface area is 169 Å². The van der Waals surface area contributed by atoms with E-state index in [4.69, 9.17) is 9.47 Å². The summed E-state index contributed by atoms with van der Waals surface area (Å²) in [5.74, 6) is 1.44. The highest BCUT2D eigenvalue weighted by Crippen LogP contribution is 2.31. The van der Waals surface area contributed by atoms with Crippen molar-refractivity contribution in [2.75, 3.05) is 13.2 Å². The average Bonchev–Trinajstić information content (AvgIpc) is 3.11. The fourth-order valence-electron chi connectivity index (χ4n) is 2.98. The lowest BCUT2D eigenvalue weighted by Crippen LogP contribution is -2.26. The maximum Gasteiger partial charge on any atom is 0.220 e. The van der Waals surface area contributed by atoms with Gasteiger partial charge in [-0.2, -0.15) is 0 Å². The molecule has 0 spiro atoms. The summed E-state index contributed by atoms with van der Waals surface area (Å²) in [6, 6.07) is 13.7. The van der Waals surface area contributed by atoms with Crippen LogP contribution in [-0.4, -0.2) is 24.1 Å². The molecule has 0 bridgehead atoms. The summed E-state index contributed by atoms with van der Waals surface area (Å²) >= 11 is 1.65. The van der Waals surface area contributed by atoms with Crippen LogP contribution in [0.1, 0.15) is 43.8 Å². The highest BCUT2D eigenvalue weighted by Gasteiger charge is 2.14. The van der Waals surface area contributed by atoms with Gasteiger partial charge in [-0.25, -0.2) is 4.98 Å². The second kappa shape index (κ2) is 9.55. The molecule has 3 rings (SSSR count). The number of hydrogen-bond donors (Lipinski definition) is 1. The van der Waals surface area contributed by atoms with Crippen LogP contribution >= 0.6 is 11.3 Å². The molecular weight excluding hydrogens is 372 g/mol. The molecule has 2 aromatic carbocycles. The molecule has 0 saturated heterocycles. The van der Waals surface area contributed by atoms with E-state index in [2.05, 4.69) is 16.4 Å². The van der Waals surface area contributed by atoms with Crippen LogP contribution < -0.4 is 14.8 Å². The molecule has 3 aromatic rings. The van der Waals surface area contributed by atoms with Gasteiger partial charge in [-0.3, -0.25) is 4.79 Å². The van der Waals surface area contributed by atoms with Crippen LogP contribution in [0.2, 0.25) is 0 Å². The van der Waals surface area contributed by atoms with Crippen LogP contribution in [0.4, 0.5) is 0 Å². The van der Waals surface area contributed by atoms with E-state index in [1.807, 2.05) is 57.2 Å². The standard InChI is InChI=1S/C22H26N2O3S/c1-4-26-18-11-10-16(14-19(18)27-5-2)15(3)23-21(25)12-13-22-24-17-8-6-7-9-20(17)28-22/h6-11,14-15H,4-5,12-13H2,1-3H3,(H,23,25)/t15-/m1/s1. The van der Waals surface area contributed by atoms with Gasteiger partial charge in [0.25, 0.3) is 0 Å². The molecule has 28 heavy (non-hydrogen) atoms. The summed E-state index contributed by atoms with van der Waals surface area (Å²) in [5.41, 5.74) is 1.98. The Bertz CT molecular complexity index is 905. The van der Waals surface area contributed by atoms with Gasteiger partial charge in [-0.1, -0.05) is 18.2 Å². The third-order valence-electron chi connectivity index (χ3n) is 4.35. The number of aryl methyl sites for hydroxylation is 1. The zero-order chi connectivity index (χ0) is 19.9. The number of fused-ring (bicyclic) bond motifs is 1. The average molecular weight is 399 g/mol. The van der Waals surface area contributed by atoms with Gasteiger partial charge in [0.2, 0.25) is 5.91 Å². The van der Waals surface area contributed by atoms with Crippen molar-refractivity contribution in [1.82, 2.24) is 10.3 Å². The fourth-order valence-corrected chi connectivity index (χ4v) is 3.95. The quantitative estimate of drug-likeness (QED) is 0.557. The molecule has 0 aliphatic rings. The van der Waals surface area contributed by atoms with Crippen molar-refractivity contribution in [3.05, 3.63) is 53.0 Å². The van der Waals surface area contributed by atoms with Crippen molar-refractivity contribution in [3.8, 4) is 11.5 Å². The van der Waals surface area contributed by atoms with Gasteiger partial charge in [0.15, 0.2) is 11.5 Å². The topological polar surface area (TPSA) is 60.5 Å². The summed E-state index contributed by atoms with van der Waals surface area (Å²) < 4.78 is 12.4. The molecule has 1 atom stereocenters. The molecule has 5 nitrogen and oxygen atoms in total. The second-order valence-electron chi connectivity index (χ2n) is 6.44. The number of carbonyl (C=O) groups is 1. The van der Waals surface area contributed by atoms with Gasteiger partial charge in [0.05, 0.1) is 34.5 Å². The SMILES string of the molecule is CCOc1ccc([C@@H](C)NC(=O)CCc2nc3ccccc3s2)cc1OCC. The molecule has 0 aliphatic heterocycles. The Morgan fingerprint density at radius 1 is 1.11 bits per heavy atom. The molecule has 0 fully saturated rings. The lowest BCUT2D eigenvalue weighted by molar-refractivity contribution is -0.121. The third kappa shape index (κ3) is 5.01. The number of thiazole rings is 1. The van der Waals surface area contributed by atoms with Gasteiger partial charge < -0.3 is 14.8 Å². The van der Waals surface area contributed by atoms with Gasteiger partial charge in [0, 0.05) is 12.8 Å². The van der Waals surface area contributed by atoms with E-state index in [0.717, 1.165) is 26.5 Å². The molecule has 0 unspecified atom stereocenters. The van der Waals surface area contributed by atoms with Crippen molar-refractivity contribution >= 4 is 27.5 Å². The highest BCUT2D eigenvalue weighted by atomic mass is 32.1. The molecule has 1 aromatic heterocycles. The van der Waals surface area contributed by atoms with E-state index in [1.54, 1.807) is 11.3 Å². The molecule has 0 aliphatic carbocycles. The van der Waals surface area contributed by atoms with E-state index in [9.17, 15) is 4.79 Å². The van der Waals surface area contributed by atoms with Crippen LogP contribution in [0.3, 0.4) is 0 Å². The number of para-hydroxylation sites is 1. The second-order valence-corrected chi connectivity index (χ2v) is 7.55. The first-order valence-corrected chi connectivity index (χ1v) is 10.5. The van der Waals surface area contributed by atoms with Crippen molar-refractivity contribution in [3.63, 3.8) is 0 Å². The van der Waals surface area contributed by atoms with Crippen LogP contribution in [-0.2, 0) is 11.2 Å². The maximum atomic E-state index is 12.4. The van der Waals surface area contributed by atoms with Crippen molar-refractivity contribution in [1.29, 1.82) is 0 Å². The van der Waals surface area contributed by atoms with Crippen LogP contribution in [0.15, 0.2) is 42.5 Å². The van der Waals surface area contributed by atoms with Crippen LogP contribution in [0.5, 0.6) is 11.5 Å². The summed E-state index contributed by atoms with van der Waals surface area (Å²) in [4.78, 5) is 17.0. The van der Waals surface area contributed by atoms with Gasteiger partial charge in [-0.15, -0.1) is 11.3 Å². The number of amides is 1. The zero-order valence-corrected chi connectivity index (χ0v) is 17.3. The molecule has 0 saturated carbocycles. The lowest BCUT2D eigenvalue weighted by atomic mass is 10.1. The highest BCUT2D eigenvalue weighted by molar-refractivity contribution is 7.18. The molecule has 1 N–H and O–H groups in total. The minimum atomic E-state index is -0.113. The fraction of sp³-hybridized carbons (Fsp3) is 0.364. The monoisotopic (exact) mass is 398 g/mol. The molecular formula is C22H26N2O3S. The predicted molar refractivity (Wildman–Crippen MR) is 113 cm³/mol. The molecule has 6 heteroatoms. The first kappa shape index (κ1) is 20.1. The molecule has 0 radical (unpaired) electrons. The van der Waals surface area contributed by atoms with Gasteiger partial charge in [0.1, 0.15) is 0 Å². The minimum Gasteiger partial charge on any atom is -0.490 e. The number of rotatable bonds is 9. The summed E-state index contributed by atoms with van der Waals surface area (Å²) in [5, 5.41) is 4.05. The van der Waals surface area contributed by atoms with Crippen molar-refractivity contribution in [2.45, 2.75) is 39.7 Å². The Morgan fingerprint density at radius 2 is 1.86 bits per heavy atom. The first-order valence-electron chi connectivity index (χ1n) is 9.64. The van der Waals surface area contributed by atoms with E-state index in [1.165, 1.54) is 0 Å². The van der Waals surface area contributed by atoms with Crippen molar-refractivity contribution < 1.29 is 14.3 Å². The van der Waals surface area contributed by atoms with E-state index >= 15 is 0 Å². The third-order valence-corrected chi connectivity index (χ3v) is 5.45. The molecule has 1 amide bonds. The largest absolute Gasteiger partial charge is 0.490 e. The van der Waals surface area contributed by atoms with E-state index in [-0.39, 0.29) is 11.9 Å². The smallest absolute Gasteiger partial charge is 0.220 e. The van der Waals surface area contributed by atoms with Crippen molar-refractivity contribution in [2.24, 2.45) is 0 Å². The number of hydrogen-bond acceptors (Lipinski definition) is 5. The number of nitrogens with zero attached hydrogens (tertiary/aromatic N) is 1. The van der Waals surface area contributed by atoms with Gasteiger partial charge >= 0.3 is 0 Å². The molecule has 1 heterocycles.